The number of hydrazine groups is 1. The molecule has 1 rings (SSSR count). The van der Waals surface area contributed by atoms with Crippen molar-refractivity contribution >= 4 is 29.0 Å². The number of amides is 1. The zero-order chi connectivity index (χ0) is 11.1. The molecule has 0 spiro atoms. The van der Waals surface area contributed by atoms with E-state index in [4.69, 9.17) is 5.84 Å². The Morgan fingerprint density at radius 1 is 1.67 bits per heavy atom. The van der Waals surface area contributed by atoms with E-state index in [0.717, 1.165) is 28.6 Å². The summed E-state index contributed by atoms with van der Waals surface area (Å²) in [6.45, 7) is 1.99. The van der Waals surface area contributed by atoms with Gasteiger partial charge in [0.1, 0.15) is 4.34 Å². The fraction of sp³-hybridized carbons (Fsp3) is 0.556. The number of hydrogen-bond acceptors (Lipinski definition) is 5. The van der Waals surface area contributed by atoms with Crippen LogP contribution in [0, 0.1) is 6.92 Å². The molecule has 0 radical (unpaired) electrons. The SMILES string of the molecule is Cc1csc(SCCCCC(=O)NN)n1. The number of rotatable bonds is 6. The second kappa shape index (κ2) is 6.81. The minimum Gasteiger partial charge on any atom is -0.294 e. The molecule has 15 heavy (non-hydrogen) atoms. The van der Waals surface area contributed by atoms with E-state index in [1.165, 1.54) is 0 Å². The van der Waals surface area contributed by atoms with E-state index in [9.17, 15) is 4.79 Å². The van der Waals surface area contributed by atoms with Crippen molar-refractivity contribution < 1.29 is 4.79 Å². The minimum absolute atomic E-state index is 0.0925. The van der Waals surface area contributed by atoms with Crippen molar-refractivity contribution in [3.05, 3.63) is 11.1 Å². The summed E-state index contributed by atoms with van der Waals surface area (Å²) < 4.78 is 1.11. The molecule has 6 heteroatoms. The smallest absolute Gasteiger partial charge is 0.233 e. The molecular formula is C9H15N3OS2. The lowest BCUT2D eigenvalue weighted by atomic mass is 10.2. The fourth-order valence-electron chi connectivity index (χ4n) is 1.02. The highest BCUT2D eigenvalue weighted by atomic mass is 32.2. The predicted molar refractivity (Wildman–Crippen MR) is 63.8 cm³/mol. The summed E-state index contributed by atoms with van der Waals surface area (Å²) in [5, 5.41) is 2.05. The monoisotopic (exact) mass is 245 g/mol. The van der Waals surface area contributed by atoms with Crippen molar-refractivity contribution in [2.24, 2.45) is 5.84 Å². The summed E-state index contributed by atoms with van der Waals surface area (Å²) >= 11 is 3.42. The van der Waals surface area contributed by atoms with Gasteiger partial charge in [-0.15, -0.1) is 11.3 Å². The van der Waals surface area contributed by atoms with Crippen LogP contribution in [0.1, 0.15) is 25.0 Å². The molecule has 0 unspecified atom stereocenters. The van der Waals surface area contributed by atoms with Gasteiger partial charge in [-0.2, -0.15) is 0 Å². The third-order valence-corrected chi connectivity index (χ3v) is 4.01. The number of carbonyl (C=O) groups excluding carboxylic acids is 1. The van der Waals surface area contributed by atoms with E-state index < -0.39 is 0 Å². The van der Waals surface area contributed by atoms with Crippen LogP contribution in [0.25, 0.3) is 0 Å². The molecule has 84 valence electrons. The van der Waals surface area contributed by atoms with Crippen molar-refractivity contribution in [2.75, 3.05) is 5.75 Å². The number of thioether (sulfide) groups is 1. The molecule has 0 saturated heterocycles. The van der Waals surface area contributed by atoms with Crippen molar-refractivity contribution in [1.29, 1.82) is 0 Å². The molecule has 1 aromatic rings. The standard InChI is InChI=1S/C9H15N3OS2/c1-7-6-15-9(11-7)14-5-3-2-4-8(13)12-10/h6H,2-5,10H2,1H3,(H,12,13). The Morgan fingerprint density at radius 2 is 2.47 bits per heavy atom. The second-order valence-electron chi connectivity index (χ2n) is 3.13. The van der Waals surface area contributed by atoms with Crippen molar-refractivity contribution in [3.8, 4) is 0 Å². The number of nitrogens with two attached hydrogens (primary N) is 1. The van der Waals surface area contributed by atoms with Crippen molar-refractivity contribution in [3.63, 3.8) is 0 Å². The molecule has 0 aliphatic carbocycles. The quantitative estimate of drug-likeness (QED) is 0.263. The van der Waals surface area contributed by atoms with Gasteiger partial charge >= 0.3 is 0 Å². The topological polar surface area (TPSA) is 68.0 Å². The normalized spacial score (nSPS) is 10.3. The van der Waals surface area contributed by atoms with E-state index in [2.05, 4.69) is 10.4 Å². The van der Waals surface area contributed by atoms with Crippen LogP contribution in [-0.2, 0) is 4.79 Å². The summed E-state index contributed by atoms with van der Waals surface area (Å²) in [6.07, 6.45) is 2.39. The molecule has 0 bridgehead atoms. The Balaban J connectivity index is 2.05. The zero-order valence-electron chi connectivity index (χ0n) is 8.66. The van der Waals surface area contributed by atoms with Crippen molar-refractivity contribution in [2.45, 2.75) is 30.5 Å². The molecule has 1 amide bonds. The van der Waals surface area contributed by atoms with Gasteiger partial charge in [-0.25, -0.2) is 10.8 Å². The first-order valence-corrected chi connectivity index (χ1v) is 6.63. The van der Waals surface area contributed by atoms with Gasteiger partial charge in [-0.1, -0.05) is 11.8 Å². The van der Waals surface area contributed by atoms with Crippen LogP contribution in [0.5, 0.6) is 0 Å². The van der Waals surface area contributed by atoms with Gasteiger partial charge < -0.3 is 0 Å². The highest BCUT2D eigenvalue weighted by molar-refractivity contribution is 8.00. The fourth-order valence-corrected chi connectivity index (χ4v) is 2.94. The number of carbonyl (C=O) groups is 1. The highest BCUT2D eigenvalue weighted by Gasteiger charge is 2.00. The van der Waals surface area contributed by atoms with Gasteiger partial charge in [0.2, 0.25) is 5.91 Å². The molecule has 1 aromatic heterocycles. The molecule has 0 saturated carbocycles. The lowest BCUT2D eigenvalue weighted by Crippen LogP contribution is -2.29. The molecule has 0 fully saturated rings. The average Bonchev–Trinajstić information content (AvgIpc) is 2.63. The Labute approximate surface area is 97.6 Å². The minimum atomic E-state index is -0.0925. The van der Waals surface area contributed by atoms with E-state index in [0.29, 0.717) is 6.42 Å². The molecule has 0 atom stereocenters. The summed E-state index contributed by atoms with van der Waals surface area (Å²) in [6, 6.07) is 0. The van der Waals surface area contributed by atoms with Crippen LogP contribution in [0.4, 0.5) is 0 Å². The van der Waals surface area contributed by atoms with Gasteiger partial charge in [-0.05, 0) is 19.8 Å². The van der Waals surface area contributed by atoms with Crippen LogP contribution >= 0.6 is 23.1 Å². The Bertz CT molecular complexity index is 314. The number of nitrogens with zero attached hydrogens (tertiary/aromatic N) is 1. The average molecular weight is 245 g/mol. The molecule has 1 heterocycles. The molecule has 3 N–H and O–H groups in total. The largest absolute Gasteiger partial charge is 0.294 e. The van der Waals surface area contributed by atoms with Gasteiger partial charge in [0.25, 0.3) is 0 Å². The first kappa shape index (κ1) is 12.5. The third kappa shape index (κ3) is 5.15. The first-order chi connectivity index (χ1) is 7.22. The lowest BCUT2D eigenvalue weighted by Gasteiger charge is -1.99. The van der Waals surface area contributed by atoms with E-state index >= 15 is 0 Å². The molecule has 0 aliphatic heterocycles. The first-order valence-electron chi connectivity index (χ1n) is 4.76. The van der Waals surface area contributed by atoms with Crippen LogP contribution in [-0.4, -0.2) is 16.6 Å². The second-order valence-corrected chi connectivity index (χ2v) is 5.33. The molecule has 0 aliphatic rings. The number of nitrogens with one attached hydrogen (secondary N) is 1. The summed E-state index contributed by atoms with van der Waals surface area (Å²) in [5.41, 5.74) is 3.19. The van der Waals surface area contributed by atoms with E-state index in [1.807, 2.05) is 12.3 Å². The van der Waals surface area contributed by atoms with Crippen molar-refractivity contribution in [1.82, 2.24) is 10.4 Å². The van der Waals surface area contributed by atoms with Gasteiger partial charge in [0.15, 0.2) is 0 Å². The third-order valence-electron chi connectivity index (χ3n) is 1.78. The van der Waals surface area contributed by atoms with Gasteiger partial charge in [-0.3, -0.25) is 10.2 Å². The summed E-state index contributed by atoms with van der Waals surface area (Å²) in [4.78, 5) is 15.1. The maximum atomic E-state index is 10.8. The van der Waals surface area contributed by atoms with Gasteiger partial charge in [0, 0.05) is 23.2 Å². The number of aromatic nitrogens is 1. The Morgan fingerprint density at radius 3 is 3.07 bits per heavy atom. The summed E-state index contributed by atoms with van der Waals surface area (Å²) in [7, 11) is 0. The number of thiazole rings is 1. The van der Waals surface area contributed by atoms with E-state index in [1.54, 1.807) is 23.1 Å². The maximum Gasteiger partial charge on any atom is 0.233 e. The molecule has 0 aromatic carbocycles. The van der Waals surface area contributed by atoms with E-state index in [-0.39, 0.29) is 5.91 Å². The van der Waals surface area contributed by atoms with Gasteiger partial charge in [0.05, 0.1) is 0 Å². The van der Waals surface area contributed by atoms with Crippen LogP contribution in [0.3, 0.4) is 0 Å². The van der Waals surface area contributed by atoms with Crippen LogP contribution < -0.4 is 11.3 Å². The Kier molecular flexibility index (Phi) is 5.67. The summed E-state index contributed by atoms with van der Waals surface area (Å²) in [5.74, 6) is 5.88. The van der Waals surface area contributed by atoms with Crippen LogP contribution in [0.2, 0.25) is 0 Å². The maximum absolute atomic E-state index is 10.8. The zero-order valence-corrected chi connectivity index (χ0v) is 10.3. The Hall–Kier alpha value is -0.590. The lowest BCUT2D eigenvalue weighted by molar-refractivity contribution is -0.121. The molecule has 4 nitrogen and oxygen atoms in total. The van der Waals surface area contributed by atoms with Crippen LogP contribution in [0.15, 0.2) is 9.72 Å². The predicted octanol–water partition coefficient (Wildman–Crippen LogP) is 1.70. The number of hydrogen-bond donors (Lipinski definition) is 2. The number of aryl methyl sites for hydroxylation is 1. The highest BCUT2D eigenvalue weighted by Crippen LogP contribution is 2.23. The number of unbranched alkanes of at least 4 members (excludes halogenated alkanes) is 1. The molecular weight excluding hydrogens is 230 g/mol.